The van der Waals surface area contributed by atoms with E-state index in [1.807, 2.05) is 24.3 Å². The van der Waals surface area contributed by atoms with E-state index in [1.54, 1.807) is 0 Å². The van der Waals surface area contributed by atoms with Gasteiger partial charge in [0.15, 0.2) is 0 Å². The molecular formula is C18H20Cl2O. The highest BCUT2D eigenvalue weighted by atomic mass is 35.5. The Morgan fingerprint density at radius 3 is 2.38 bits per heavy atom. The molecule has 0 heterocycles. The fourth-order valence-electron chi connectivity index (χ4n) is 2.28. The lowest BCUT2D eigenvalue weighted by Crippen LogP contribution is -2.02. The van der Waals surface area contributed by atoms with E-state index >= 15 is 0 Å². The summed E-state index contributed by atoms with van der Waals surface area (Å²) in [5, 5.41) is 0. The summed E-state index contributed by atoms with van der Waals surface area (Å²) in [6.45, 7) is 4.76. The van der Waals surface area contributed by atoms with Gasteiger partial charge in [-0.2, -0.15) is 0 Å². The summed E-state index contributed by atoms with van der Waals surface area (Å²) >= 11 is 12.0. The van der Waals surface area contributed by atoms with Crippen molar-refractivity contribution in [1.29, 1.82) is 0 Å². The molecule has 0 radical (unpaired) electrons. The van der Waals surface area contributed by atoms with Crippen molar-refractivity contribution in [3.05, 3.63) is 64.7 Å². The monoisotopic (exact) mass is 322 g/mol. The van der Waals surface area contributed by atoms with Gasteiger partial charge in [-0.25, -0.2) is 0 Å². The van der Waals surface area contributed by atoms with Crippen molar-refractivity contribution >= 4 is 23.2 Å². The van der Waals surface area contributed by atoms with E-state index in [4.69, 9.17) is 27.9 Å². The summed E-state index contributed by atoms with van der Waals surface area (Å²) in [7, 11) is 0. The van der Waals surface area contributed by atoms with Gasteiger partial charge in [0.25, 0.3) is 0 Å². The highest BCUT2D eigenvalue weighted by molar-refractivity contribution is 6.44. The van der Waals surface area contributed by atoms with Crippen LogP contribution in [0.15, 0.2) is 42.5 Å². The molecule has 112 valence electrons. The molecule has 2 aromatic rings. The van der Waals surface area contributed by atoms with Crippen LogP contribution < -0.4 is 4.74 Å². The smallest absolute Gasteiger partial charge is 0.133 e. The maximum Gasteiger partial charge on any atom is 0.133 e. The zero-order valence-corrected chi connectivity index (χ0v) is 13.9. The van der Waals surface area contributed by atoms with E-state index in [9.17, 15) is 0 Å². The van der Waals surface area contributed by atoms with Crippen LogP contribution >= 0.6 is 23.2 Å². The van der Waals surface area contributed by atoms with Crippen molar-refractivity contribution in [2.75, 3.05) is 0 Å². The molecule has 0 spiro atoms. The molecular weight excluding hydrogens is 303 g/mol. The molecule has 0 saturated heterocycles. The molecule has 0 aromatic heterocycles. The van der Waals surface area contributed by atoms with Gasteiger partial charge in [0.1, 0.15) is 17.2 Å². The first-order valence-corrected chi connectivity index (χ1v) is 8.13. The first-order valence-electron chi connectivity index (χ1n) is 7.26. The van der Waals surface area contributed by atoms with Gasteiger partial charge >= 0.3 is 0 Å². The molecule has 0 aliphatic carbocycles. The Balaban J connectivity index is 2.20. The maximum absolute atomic E-state index is 6.03. The molecule has 0 bridgehead atoms. The SMILES string of the molecule is CCc1ccc(CC)c(OCc2ccccc2C(Cl)Cl)c1. The largest absolute Gasteiger partial charge is 0.489 e. The number of halogens is 2. The lowest BCUT2D eigenvalue weighted by molar-refractivity contribution is 0.302. The van der Waals surface area contributed by atoms with Crippen LogP contribution in [-0.2, 0) is 19.4 Å². The zero-order chi connectivity index (χ0) is 15.2. The number of ether oxygens (including phenoxy) is 1. The minimum Gasteiger partial charge on any atom is -0.489 e. The van der Waals surface area contributed by atoms with Crippen molar-refractivity contribution in [3.63, 3.8) is 0 Å². The Bertz CT molecular complexity index is 594. The van der Waals surface area contributed by atoms with Crippen LogP contribution in [0.25, 0.3) is 0 Å². The third-order valence-corrected chi connectivity index (χ3v) is 4.06. The third kappa shape index (κ3) is 4.15. The highest BCUT2D eigenvalue weighted by Gasteiger charge is 2.10. The first kappa shape index (κ1) is 16.2. The van der Waals surface area contributed by atoms with Crippen molar-refractivity contribution in [1.82, 2.24) is 0 Å². The summed E-state index contributed by atoms with van der Waals surface area (Å²) in [4.78, 5) is -0.530. The normalized spacial score (nSPS) is 10.9. The summed E-state index contributed by atoms with van der Waals surface area (Å²) in [5.41, 5.74) is 4.43. The molecule has 3 heteroatoms. The average molecular weight is 323 g/mol. The quantitative estimate of drug-likeness (QED) is 0.604. The Labute approximate surface area is 136 Å². The lowest BCUT2D eigenvalue weighted by atomic mass is 10.1. The summed E-state index contributed by atoms with van der Waals surface area (Å²) in [6, 6.07) is 14.3. The van der Waals surface area contributed by atoms with E-state index in [2.05, 4.69) is 32.0 Å². The minimum atomic E-state index is -0.530. The van der Waals surface area contributed by atoms with Gasteiger partial charge in [-0.15, -0.1) is 23.2 Å². The Kier molecular flexibility index (Phi) is 5.96. The molecule has 2 rings (SSSR count). The Morgan fingerprint density at radius 2 is 1.71 bits per heavy atom. The average Bonchev–Trinajstić information content (AvgIpc) is 2.52. The second-order valence-corrected chi connectivity index (χ2v) is 6.03. The van der Waals surface area contributed by atoms with E-state index in [0.717, 1.165) is 29.7 Å². The van der Waals surface area contributed by atoms with E-state index in [1.165, 1.54) is 11.1 Å². The summed E-state index contributed by atoms with van der Waals surface area (Å²) in [5.74, 6) is 0.951. The van der Waals surface area contributed by atoms with Crippen LogP contribution in [0.4, 0.5) is 0 Å². The molecule has 0 N–H and O–H groups in total. The van der Waals surface area contributed by atoms with Gasteiger partial charge in [0.2, 0.25) is 0 Å². The predicted octanol–water partition coefficient (Wildman–Crippen LogP) is 5.87. The molecule has 0 aliphatic rings. The van der Waals surface area contributed by atoms with Crippen LogP contribution in [0.1, 0.15) is 40.9 Å². The molecule has 1 nitrogen and oxygen atoms in total. The first-order chi connectivity index (χ1) is 10.2. The van der Waals surface area contributed by atoms with Gasteiger partial charge < -0.3 is 4.74 Å². The molecule has 0 atom stereocenters. The Morgan fingerprint density at radius 1 is 0.952 bits per heavy atom. The fraction of sp³-hybridized carbons (Fsp3) is 0.333. The van der Waals surface area contributed by atoms with Crippen molar-refractivity contribution < 1.29 is 4.74 Å². The van der Waals surface area contributed by atoms with Crippen molar-refractivity contribution in [3.8, 4) is 5.75 Å². The number of rotatable bonds is 6. The molecule has 0 fully saturated rings. The van der Waals surface area contributed by atoms with Crippen molar-refractivity contribution in [2.45, 2.75) is 38.1 Å². The van der Waals surface area contributed by atoms with Crippen LogP contribution in [-0.4, -0.2) is 0 Å². The van der Waals surface area contributed by atoms with Gasteiger partial charge in [-0.05, 0) is 41.2 Å². The number of alkyl halides is 2. The van der Waals surface area contributed by atoms with Crippen molar-refractivity contribution in [2.24, 2.45) is 0 Å². The lowest BCUT2D eigenvalue weighted by Gasteiger charge is -2.14. The predicted molar refractivity (Wildman–Crippen MR) is 90.4 cm³/mol. The second kappa shape index (κ2) is 7.72. The Hall–Kier alpha value is -1.18. The number of hydrogen-bond acceptors (Lipinski definition) is 1. The number of aryl methyl sites for hydroxylation is 2. The highest BCUT2D eigenvalue weighted by Crippen LogP contribution is 2.29. The van der Waals surface area contributed by atoms with Gasteiger partial charge in [0, 0.05) is 0 Å². The number of benzene rings is 2. The minimum absolute atomic E-state index is 0.478. The standard InChI is InChI=1S/C18H20Cl2O/c1-3-13-9-10-14(4-2)17(11-13)21-12-15-7-5-6-8-16(15)18(19)20/h5-11,18H,3-4,12H2,1-2H3. The zero-order valence-electron chi connectivity index (χ0n) is 12.4. The molecule has 0 unspecified atom stereocenters. The summed E-state index contributed by atoms with van der Waals surface area (Å²) < 4.78 is 6.03. The topological polar surface area (TPSA) is 9.23 Å². The molecule has 0 saturated carbocycles. The van der Waals surface area contributed by atoms with Crippen LogP contribution in [0.2, 0.25) is 0 Å². The van der Waals surface area contributed by atoms with Crippen LogP contribution in [0.3, 0.4) is 0 Å². The third-order valence-electron chi connectivity index (χ3n) is 3.59. The van der Waals surface area contributed by atoms with Crippen LogP contribution in [0.5, 0.6) is 5.75 Å². The van der Waals surface area contributed by atoms with Gasteiger partial charge in [0.05, 0.1) is 0 Å². The fourth-order valence-corrected chi connectivity index (χ4v) is 2.71. The number of hydrogen-bond donors (Lipinski definition) is 0. The molecule has 2 aromatic carbocycles. The second-order valence-electron chi connectivity index (χ2n) is 4.94. The maximum atomic E-state index is 6.03. The molecule has 0 aliphatic heterocycles. The molecule has 21 heavy (non-hydrogen) atoms. The van der Waals surface area contributed by atoms with Gasteiger partial charge in [-0.3, -0.25) is 0 Å². The van der Waals surface area contributed by atoms with Gasteiger partial charge in [-0.1, -0.05) is 50.2 Å². The van der Waals surface area contributed by atoms with E-state index in [0.29, 0.717) is 6.61 Å². The summed E-state index contributed by atoms with van der Waals surface area (Å²) in [6.07, 6.45) is 1.96. The van der Waals surface area contributed by atoms with E-state index in [-0.39, 0.29) is 0 Å². The van der Waals surface area contributed by atoms with Crippen LogP contribution in [0, 0.1) is 0 Å². The molecule has 0 amide bonds. The van der Waals surface area contributed by atoms with E-state index < -0.39 is 4.84 Å².